The maximum Gasteiger partial charge on any atom is 0.417 e. The van der Waals surface area contributed by atoms with E-state index in [4.69, 9.17) is 16.7 Å². The van der Waals surface area contributed by atoms with Crippen LogP contribution in [0.4, 0.5) is 13.2 Å². The Labute approximate surface area is 122 Å². The molecule has 0 aliphatic carbocycles. The minimum Gasteiger partial charge on any atom is -0.400 e. The summed E-state index contributed by atoms with van der Waals surface area (Å²) in [5.41, 5.74) is 0.0282. The Morgan fingerprint density at radius 3 is 2.25 bits per heavy atom. The summed E-state index contributed by atoms with van der Waals surface area (Å²) in [5, 5.41) is 6.78. The lowest BCUT2D eigenvalue weighted by Crippen LogP contribution is -2.29. The van der Waals surface area contributed by atoms with Gasteiger partial charge in [-0.2, -0.15) is 13.2 Å². The first-order valence-electron chi connectivity index (χ1n) is 6.38. The number of nitrogens with zero attached hydrogens (tertiary/aromatic N) is 1. The molecule has 1 fully saturated rings. The number of aliphatic hydroxyl groups is 1. The molecule has 1 N–H and O–H groups in total. The topological polar surface area (TPSA) is 23.5 Å². The predicted molar refractivity (Wildman–Crippen MR) is 74.1 cm³/mol. The zero-order valence-electron chi connectivity index (χ0n) is 11.5. The molecule has 0 aromatic heterocycles. The van der Waals surface area contributed by atoms with Crippen LogP contribution in [-0.2, 0) is 6.18 Å². The lowest BCUT2D eigenvalue weighted by atomic mass is 9.89. The molecule has 2 rings (SSSR count). The van der Waals surface area contributed by atoms with Crippen molar-refractivity contribution in [3.8, 4) is 0 Å². The molecule has 0 unspecified atom stereocenters. The fourth-order valence-corrected chi connectivity index (χ4v) is 2.58. The van der Waals surface area contributed by atoms with Crippen molar-refractivity contribution in [1.82, 2.24) is 4.90 Å². The van der Waals surface area contributed by atoms with E-state index in [0.717, 1.165) is 38.6 Å². The van der Waals surface area contributed by atoms with Crippen LogP contribution < -0.4 is 0 Å². The van der Waals surface area contributed by atoms with E-state index < -0.39 is 11.7 Å². The Balaban J connectivity index is 0.000000956. The van der Waals surface area contributed by atoms with Gasteiger partial charge in [-0.15, -0.1) is 0 Å². The fraction of sp³-hybridized carbons (Fsp3) is 0.571. The van der Waals surface area contributed by atoms with Gasteiger partial charge in [0, 0.05) is 7.11 Å². The second kappa shape index (κ2) is 7.29. The largest absolute Gasteiger partial charge is 0.417 e. The van der Waals surface area contributed by atoms with E-state index in [0.29, 0.717) is 0 Å². The Bertz CT molecular complexity index is 429. The monoisotopic (exact) mass is 309 g/mol. The van der Waals surface area contributed by atoms with Crippen LogP contribution in [0.2, 0.25) is 5.02 Å². The molecular weight excluding hydrogens is 291 g/mol. The molecule has 1 aromatic rings. The van der Waals surface area contributed by atoms with E-state index in [2.05, 4.69) is 4.90 Å². The molecule has 20 heavy (non-hydrogen) atoms. The molecule has 1 aliphatic rings. The molecule has 0 spiro atoms. The molecule has 1 heterocycles. The van der Waals surface area contributed by atoms with Crippen molar-refractivity contribution in [1.29, 1.82) is 0 Å². The van der Waals surface area contributed by atoms with Crippen molar-refractivity contribution in [3.05, 3.63) is 34.3 Å². The molecule has 0 amide bonds. The number of alkyl halides is 3. The molecule has 0 atom stereocenters. The quantitative estimate of drug-likeness (QED) is 0.853. The Morgan fingerprint density at radius 1 is 1.20 bits per heavy atom. The van der Waals surface area contributed by atoms with Crippen molar-refractivity contribution >= 4 is 11.6 Å². The van der Waals surface area contributed by atoms with Gasteiger partial charge in [-0.1, -0.05) is 17.7 Å². The van der Waals surface area contributed by atoms with Crippen molar-refractivity contribution in [3.63, 3.8) is 0 Å². The number of aliphatic hydroxyl groups excluding tert-OH is 1. The first kappa shape index (κ1) is 17.3. The average Bonchev–Trinajstić information content (AvgIpc) is 2.41. The van der Waals surface area contributed by atoms with Crippen molar-refractivity contribution in [2.24, 2.45) is 0 Å². The van der Waals surface area contributed by atoms with Crippen LogP contribution >= 0.6 is 11.6 Å². The molecule has 0 radical (unpaired) electrons. The van der Waals surface area contributed by atoms with Gasteiger partial charge < -0.3 is 10.0 Å². The molecule has 0 saturated carbocycles. The maximum absolute atomic E-state index is 12.8. The normalized spacial score (nSPS) is 17.6. The summed E-state index contributed by atoms with van der Waals surface area (Å²) < 4.78 is 38.3. The zero-order valence-corrected chi connectivity index (χ0v) is 12.3. The summed E-state index contributed by atoms with van der Waals surface area (Å²) in [5.74, 6) is 0.208. The van der Waals surface area contributed by atoms with Crippen LogP contribution in [0.1, 0.15) is 29.9 Å². The highest BCUT2D eigenvalue weighted by Crippen LogP contribution is 2.38. The number of hydrogen-bond donors (Lipinski definition) is 1. The fourth-order valence-electron chi connectivity index (χ4n) is 2.36. The third-order valence-electron chi connectivity index (χ3n) is 3.49. The van der Waals surface area contributed by atoms with Gasteiger partial charge in [-0.05, 0) is 56.6 Å². The van der Waals surface area contributed by atoms with Gasteiger partial charge in [0.05, 0.1) is 10.6 Å². The Morgan fingerprint density at radius 2 is 1.75 bits per heavy atom. The van der Waals surface area contributed by atoms with Crippen LogP contribution in [0, 0.1) is 0 Å². The summed E-state index contributed by atoms with van der Waals surface area (Å²) >= 11 is 5.61. The Hall–Kier alpha value is -0.780. The minimum atomic E-state index is -4.38. The molecular formula is C14H19ClF3NO. The predicted octanol–water partition coefficient (Wildman–Crippen LogP) is 3.78. The zero-order chi connectivity index (χ0) is 15.3. The third-order valence-corrected chi connectivity index (χ3v) is 3.82. The van der Waals surface area contributed by atoms with E-state index in [1.54, 1.807) is 6.07 Å². The molecule has 1 aromatic carbocycles. The number of hydrogen-bond acceptors (Lipinski definition) is 2. The van der Waals surface area contributed by atoms with Crippen LogP contribution in [0.25, 0.3) is 0 Å². The molecule has 114 valence electrons. The Kier molecular flexibility index (Phi) is 6.30. The van der Waals surface area contributed by atoms with Gasteiger partial charge in [0.2, 0.25) is 0 Å². The second-order valence-corrected chi connectivity index (χ2v) is 5.22. The molecule has 2 nitrogen and oxygen atoms in total. The third kappa shape index (κ3) is 4.36. The van der Waals surface area contributed by atoms with Gasteiger partial charge in [-0.25, -0.2) is 0 Å². The summed E-state index contributed by atoms with van der Waals surface area (Å²) in [6, 6.07) is 4.28. The highest BCUT2D eigenvalue weighted by atomic mass is 35.5. The molecule has 1 aliphatic heterocycles. The van der Waals surface area contributed by atoms with Gasteiger partial charge in [0.25, 0.3) is 0 Å². The van der Waals surface area contributed by atoms with Crippen molar-refractivity contribution in [2.75, 3.05) is 27.2 Å². The van der Waals surface area contributed by atoms with Gasteiger partial charge in [0.15, 0.2) is 0 Å². The van der Waals surface area contributed by atoms with Crippen LogP contribution in [0.5, 0.6) is 0 Å². The first-order chi connectivity index (χ1) is 9.38. The first-order valence-corrected chi connectivity index (χ1v) is 6.75. The lowest BCUT2D eigenvalue weighted by molar-refractivity contribution is -0.137. The van der Waals surface area contributed by atoms with E-state index in [1.165, 1.54) is 12.1 Å². The van der Waals surface area contributed by atoms with E-state index in [-0.39, 0.29) is 10.9 Å². The molecule has 0 bridgehead atoms. The van der Waals surface area contributed by atoms with Gasteiger partial charge in [0.1, 0.15) is 0 Å². The van der Waals surface area contributed by atoms with Crippen LogP contribution in [0.3, 0.4) is 0 Å². The number of likely N-dealkylation sites (tertiary alicyclic amines) is 1. The minimum absolute atomic E-state index is 0.208. The maximum atomic E-state index is 12.8. The standard InChI is InChI=1S/C13H15ClF3N.CH4O/c1-18-6-4-9(5-7-18)10-2-3-12(14)11(8-10)13(15,16)17;1-2/h2-3,8-9H,4-7H2,1H3;2H,1H3. The molecule has 1 saturated heterocycles. The highest BCUT2D eigenvalue weighted by molar-refractivity contribution is 6.31. The lowest BCUT2D eigenvalue weighted by Gasteiger charge is -2.29. The van der Waals surface area contributed by atoms with Crippen molar-refractivity contribution < 1.29 is 18.3 Å². The number of halogens is 4. The summed E-state index contributed by atoms with van der Waals surface area (Å²) in [6.07, 6.45) is -2.58. The van der Waals surface area contributed by atoms with Gasteiger partial charge >= 0.3 is 6.18 Å². The average molecular weight is 310 g/mol. The van der Waals surface area contributed by atoms with Crippen LogP contribution in [-0.4, -0.2) is 37.3 Å². The highest BCUT2D eigenvalue weighted by Gasteiger charge is 2.34. The van der Waals surface area contributed by atoms with E-state index >= 15 is 0 Å². The summed E-state index contributed by atoms with van der Waals surface area (Å²) in [4.78, 5) is 2.19. The number of benzene rings is 1. The number of rotatable bonds is 1. The SMILES string of the molecule is CN1CCC(c2ccc(Cl)c(C(F)(F)F)c2)CC1.CO. The second-order valence-electron chi connectivity index (χ2n) is 4.81. The summed E-state index contributed by atoms with van der Waals surface area (Å²) in [6.45, 7) is 1.85. The smallest absolute Gasteiger partial charge is 0.400 e. The van der Waals surface area contributed by atoms with Crippen molar-refractivity contribution in [2.45, 2.75) is 24.9 Å². The van der Waals surface area contributed by atoms with E-state index in [1.807, 2.05) is 7.05 Å². The van der Waals surface area contributed by atoms with E-state index in [9.17, 15) is 13.2 Å². The number of piperidine rings is 1. The summed E-state index contributed by atoms with van der Waals surface area (Å²) in [7, 11) is 3.03. The van der Waals surface area contributed by atoms with Crippen LogP contribution in [0.15, 0.2) is 18.2 Å². The molecule has 6 heteroatoms. The van der Waals surface area contributed by atoms with Gasteiger partial charge in [-0.3, -0.25) is 0 Å².